The Balaban J connectivity index is 1.62. The quantitative estimate of drug-likeness (QED) is 0.655. The lowest BCUT2D eigenvalue weighted by Gasteiger charge is -2.11. The fraction of sp³-hybridized carbons (Fsp3) is 0.375. The van der Waals surface area contributed by atoms with Gasteiger partial charge in [-0.1, -0.05) is 30.3 Å². The highest BCUT2D eigenvalue weighted by molar-refractivity contribution is 7.11. The number of nitrogens with one attached hydrogen (secondary N) is 1. The lowest BCUT2D eigenvalue weighted by Crippen LogP contribution is -2.22. The van der Waals surface area contributed by atoms with Gasteiger partial charge in [0.05, 0.1) is 6.10 Å². The highest BCUT2D eigenvalue weighted by atomic mass is 32.1. The molecule has 0 saturated carbocycles. The van der Waals surface area contributed by atoms with Crippen molar-refractivity contribution in [2.75, 3.05) is 13.1 Å². The van der Waals surface area contributed by atoms with Gasteiger partial charge in [-0.05, 0) is 37.1 Å². The van der Waals surface area contributed by atoms with Crippen molar-refractivity contribution < 1.29 is 5.11 Å². The van der Waals surface area contributed by atoms with Crippen molar-refractivity contribution in [1.29, 1.82) is 0 Å². The molecule has 20 heavy (non-hydrogen) atoms. The van der Waals surface area contributed by atoms with Crippen LogP contribution in [0.15, 0.2) is 42.5 Å². The minimum Gasteiger partial charge on any atom is -0.387 e. The maximum atomic E-state index is 10.00. The van der Waals surface area contributed by atoms with Crippen LogP contribution < -0.4 is 11.1 Å². The molecule has 0 aliphatic heterocycles. The molecule has 3 nitrogen and oxygen atoms in total. The van der Waals surface area contributed by atoms with Crippen LogP contribution in [-0.4, -0.2) is 18.2 Å². The Bertz CT molecular complexity index is 498. The van der Waals surface area contributed by atoms with Gasteiger partial charge in [-0.3, -0.25) is 0 Å². The number of nitrogens with two attached hydrogens (primary N) is 1. The Kier molecular flexibility index (Phi) is 6.21. The van der Waals surface area contributed by atoms with Crippen molar-refractivity contribution in [3.63, 3.8) is 0 Å². The van der Waals surface area contributed by atoms with E-state index in [1.165, 1.54) is 9.75 Å². The van der Waals surface area contributed by atoms with Crippen LogP contribution in [0.2, 0.25) is 0 Å². The maximum absolute atomic E-state index is 10.00. The highest BCUT2D eigenvalue weighted by Crippen LogP contribution is 2.17. The van der Waals surface area contributed by atoms with Gasteiger partial charge in [0.2, 0.25) is 0 Å². The summed E-state index contributed by atoms with van der Waals surface area (Å²) in [5, 5.41) is 13.3. The van der Waals surface area contributed by atoms with Gasteiger partial charge >= 0.3 is 0 Å². The fourth-order valence-corrected chi connectivity index (χ4v) is 3.02. The number of rotatable bonds is 8. The van der Waals surface area contributed by atoms with Gasteiger partial charge in [-0.15, -0.1) is 11.3 Å². The summed E-state index contributed by atoms with van der Waals surface area (Å²) < 4.78 is 0. The van der Waals surface area contributed by atoms with Crippen molar-refractivity contribution in [3.8, 4) is 0 Å². The highest BCUT2D eigenvalue weighted by Gasteiger charge is 2.05. The average molecular weight is 290 g/mol. The summed E-state index contributed by atoms with van der Waals surface area (Å²) >= 11 is 1.79. The zero-order valence-corrected chi connectivity index (χ0v) is 12.4. The Labute approximate surface area is 124 Å². The van der Waals surface area contributed by atoms with E-state index in [4.69, 9.17) is 5.73 Å². The van der Waals surface area contributed by atoms with E-state index in [-0.39, 0.29) is 0 Å². The van der Waals surface area contributed by atoms with Gasteiger partial charge in [0.1, 0.15) is 0 Å². The lowest BCUT2D eigenvalue weighted by atomic mass is 10.1. The van der Waals surface area contributed by atoms with Gasteiger partial charge in [0.15, 0.2) is 0 Å². The van der Waals surface area contributed by atoms with Crippen LogP contribution in [0.25, 0.3) is 0 Å². The molecule has 1 heterocycles. The predicted octanol–water partition coefficient (Wildman–Crippen LogP) is 2.46. The lowest BCUT2D eigenvalue weighted by molar-refractivity contribution is 0.175. The molecule has 1 atom stereocenters. The molecule has 0 aliphatic rings. The third-order valence-corrected chi connectivity index (χ3v) is 4.38. The molecule has 1 aromatic heterocycles. The van der Waals surface area contributed by atoms with E-state index >= 15 is 0 Å². The molecule has 4 N–H and O–H groups in total. The second-order valence-corrected chi connectivity index (χ2v) is 6.06. The first-order valence-electron chi connectivity index (χ1n) is 7.01. The number of benzene rings is 1. The summed E-state index contributed by atoms with van der Waals surface area (Å²) in [6, 6.07) is 14.0. The Morgan fingerprint density at radius 1 is 1.10 bits per heavy atom. The standard InChI is InChI=1S/C16H22N2OS/c17-11-15-9-8-14(20-15)7-4-10-18-12-16(19)13-5-2-1-3-6-13/h1-3,5-6,8-9,16,18-19H,4,7,10-12,17H2/t16-/m0/s1. The number of aliphatic hydroxyl groups excluding tert-OH is 1. The van der Waals surface area contributed by atoms with Crippen molar-refractivity contribution in [3.05, 3.63) is 57.8 Å². The van der Waals surface area contributed by atoms with E-state index in [0.29, 0.717) is 13.1 Å². The Morgan fingerprint density at radius 2 is 1.85 bits per heavy atom. The van der Waals surface area contributed by atoms with E-state index in [2.05, 4.69) is 17.4 Å². The van der Waals surface area contributed by atoms with Gasteiger partial charge in [0.25, 0.3) is 0 Å². The molecule has 2 rings (SSSR count). The molecule has 0 unspecified atom stereocenters. The summed E-state index contributed by atoms with van der Waals surface area (Å²) in [5.41, 5.74) is 6.56. The molecule has 0 saturated heterocycles. The summed E-state index contributed by atoms with van der Waals surface area (Å²) in [6.07, 6.45) is 1.72. The molecule has 108 valence electrons. The minimum atomic E-state index is -0.429. The second kappa shape index (κ2) is 8.17. The number of thiophene rings is 1. The van der Waals surface area contributed by atoms with E-state index in [9.17, 15) is 5.11 Å². The topological polar surface area (TPSA) is 58.3 Å². The van der Waals surface area contributed by atoms with Crippen molar-refractivity contribution in [1.82, 2.24) is 5.32 Å². The van der Waals surface area contributed by atoms with Crippen molar-refractivity contribution in [2.24, 2.45) is 5.73 Å². The van der Waals surface area contributed by atoms with E-state index in [1.807, 2.05) is 30.3 Å². The summed E-state index contributed by atoms with van der Waals surface area (Å²) in [6.45, 7) is 2.15. The molecule has 2 aromatic rings. The third kappa shape index (κ3) is 4.72. The number of hydrogen-bond acceptors (Lipinski definition) is 4. The van der Waals surface area contributed by atoms with E-state index in [1.54, 1.807) is 11.3 Å². The van der Waals surface area contributed by atoms with Gasteiger partial charge in [-0.25, -0.2) is 0 Å². The second-order valence-electron chi connectivity index (χ2n) is 4.81. The molecule has 0 radical (unpaired) electrons. The Morgan fingerprint density at radius 3 is 2.55 bits per heavy atom. The zero-order valence-electron chi connectivity index (χ0n) is 11.6. The SMILES string of the molecule is NCc1ccc(CCCNC[C@H](O)c2ccccc2)s1. The van der Waals surface area contributed by atoms with Gasteiger partial charge in [-0.2, -0.15) is 0 Å². The zero-order chi connectivity index (χ0) is 14.2. The van der Waals surface area contributed by atoms with E-state index < -0.39 is 6.10 Å². The first-order valence-corrected chi connectivity index (χ1v) is 7.82. The van der Waals surface area contributed by atoms with Crippen LogP contribution in [0.1, 0.15) is 27.8 Å². The van der Waals surface area contributed by atoms with Crippen LogP contribution >= 0.6 is 11.3 Å². The summed E-state index contributed by atoms with van der Waals surface area (Å²) in [4.78, 5) is 2.63. The minimum absolute atomic E-state index is 0.429. The molecule has 0 amide bonds. The normalized spacial score (nSPS) is 12.5. The predicted molar refractivity (Wildman–Crippen MR) is 84.8 cm³/mol. The van der Waals surface area contributed by atoms with Crippen LogP contribution in [0, 0.1) is 0 Å². The maximum Gasteiger partial charge on any atom is 0.0914 e. The Hall–Kier alpha value is -1.20. The fourth-order valence-electron chi connectivity index (χ4n) is 2.09. The third-order valence-electron chi connectivity index (χ3n) is 3.22. The first-order chi connectivity index (χ1) is 9.79. The largest absolute Gasteiger partial charge is 0.387 e. The van der Waals surface area contributed by atoms with Gasteiger partial charge < -0.3 is 16.2 Å². The molecule has 0 bridgehead atoms. The molecule has 0 fully saturated rings. The average Bonchev–Trinajstić information content (AvgIpc) is 2.95. The van der Waals surface area contributed by atoms with E-state index in [0.717, 1.165) is 24.9 Å². The monoisotopic (exact) mass is 290 g/mol. The van der Waals surface area contributed by atoms with Crippen LogP contribution in [0.5, 0.6) is 0 Å². The van der Waals surface area contributed by atoms with Crippen LogP contribution in [-0.2, 0) is 13.0 Å². The molecular formula is C16H22N2OS. The smallest absolute Gasteiger partial charge is 0.0914 e. The number of aryl methyl sites for hydroxylation is 1. The molecular weight excluding hydrogens is 268 g/mol. The molecule has 0 spiro atoms. The number of aliphatic hydroxyl groups is 1. The summed E-state index contributed by atoms with van der Waals surface area (Å²) in [5.74, 6) is 0. The first kappa shape index (κ1) is 15.2. The number of hydrogen-bond donors (Lipinski definition) is 3. The molecule has 4 heteroatoms. The summed E-state index contributed by atoms with van der Waals surface area (Å²) in [7, 11) is 0. The van der Waals surface area contributed by atoms with Crippen molar-refractivity contribution in [2.45, 2.75) is 25.5 Å². The van der Waals surface area contributed by atoms with Crippen LogP contribution in [0.4, 0.5) is 0 Å². The van der Waals surface area contributed by atoms with Crippen LogP contribution in [0.3, 0.4) is 0 Å². The van der Waals surface area contributed by atoms with Crippen molar-refractivity contribution >= 4 is 11.3 Å². The molecule has 0 aliphatic carbocycles. The van der Waals surface area contributed by atoms with Gasteiger partial charge in [0, 0.05) is 22.8 Å². The molecule has 1 aromatic carbocycles.